The van der Waals surface area contributed by atoms with Crippen molar-refractivity contribution in [2.45, 2.75) is 20.4 Å². The van der Waals surface area contributed by atoms with Crippen molar-refractivity contribution in [1.82, 2.24) is 4.98 Å². The summed E-state index contributed by atoms with van der Waals surface area (Å²) in [6.07, 6.45) is 1.62. The molecular weight excluding hydrogens is 346 g/mol. The number of nitrogens with zero attached hydrogens (tertiary/aromatic N) is 1. The number of hydrogen-bond acceptors (Lipinski definition) is 3. The molecule has 26 heavy (non-hydrogen) atoms. The molecule has 0 spiro atoms. The van der Waals surface area contributed by atoms with Gasteiger partial charge in [0.25, 0.3) is 5.91 Å². The molecule has 0 aliphatic rings. The lowest BCUT2D eigenvalue weighted by Crippen LogP contribution is -2.15. The molecule has 0 saturated carbocycles. The molecule has 1 heterocycles. The fraction of sp³-hybridized carbons (Fsp3) is 0.143. The molecule has 0 unspecified atom stereocenters. The van der Waals surface area contributed by atoms with Gasteiger partial charge in [-0.05, 0) is 48.7 Å². The molecule has 4 nitrogen and oxygen atoms in total. The minimum atomic E-state index is -0.233. The lowest BCUT2D eigenvalue weighted by atomic mass is 10.1. The van der Waals surface area contributed by atoms with Gasteiger partial charge in [0.05, 0.1) is 0 Å². The fourth-order valence-corrected chi connectivity index (χ4v) is 2.90. The van der Waals surface area contributed by atoms with Crippen molar-refractivity contribution < 1.29 is 4.79 Å². The van der Waals surface area contributed by atoms with E-state index in [1.807, 2.05) is 62.4 Å². The molecule has 1 aromatic heterocycles. The van der Waals surface area contributed by atoms with Crippen LogP contribution in [0.5, 0.6) is 0 Å². The van der Waals surface area contributed by atoms with Gasteiger partial charge in [-0.15, -0.1) is 0 Å². The van der Waals surface area contributed by atoms with Crippen LogP contribution >= 0.6 is 11.6 Å². The van der Waals surface area contributed by atoms with Crippen molar-refractivity contribution >= 4 is 28.9 Å². The van der Waals surface area contributed by atoms with Crippen molar-refractivity contribution in [3.05, 3.63) is 88.2 Å². The molecule has 0 aliphatic heterocycles. The molecule has 0 saturated heterocycles. The maximum Gasteiger partial charge on any atom is 0.274 e. The number of nitrogens with one attached hydrogen (secondary N) is 2. The third-order valence-electron chi connectivity index (χ3n) is 4.15. The van der Waals surface area contributed by atoms with Gasteiger partial charge >= 0.3 is 0 Å². The van der Waals surface area contributed by atoms with Gasteiger partial charge in [-0.3, -0.25) is 9.78 Å². The summed E-state index contributed by atoms with van der Waals surface area (Å²) in [4.78, 5) is 16.8. The summed E-state index contributed by atoms with van der Waals surface area (Å²) >= 11 is 6.18. The Hall–Kier alpha value is -2.85. The number of amides is 1. The zero-order chi connectivity index (χ0) is 18.5. The van der Waals surface area contributed by atoms with Crippen LogP contribution in [-0.2, 0) is 6.54 Å². The van der Waals surface area contributed by atoms with E-state index in [1.165, 1.54) is 0 Å². The van der Waals surface area contributed by atoms with Crippen LogP contribution in [0.1, 0.15) is 27.2 Å². The van der Waals surface area contributed by atoms with Crippen LogP contribution < -0.4 is 10.6 Å². The molecule has 3 aromatic rings. The average Bonchev–Trinajstić information content (AvgIpc) is 2.64. The number of halogens is 1. The Morgan fingerprint density at radius 1 is 1.04 bits per heavy atom. The molecule has 1 amide bonds. The van der Waals surface area contributed by atoms with Crippen LogP contribution in [0.15, 0.2) is 60.8 Å². The van der Waals surface area contributed by atoms with Gasteiger partial charge in [0.1, 0.15) is 5.69 Å². The van der Waals surface area contributed by atoms with E-state index in [0.29, 0.717) is 17.3 Å². The molecule has 0 bridgehead atoms. The molecule has 3 rings (SSSR count). The molecule has 0 aliphatic carbocycles. The van der Waals surface area contributed by atoms with Gasteiger partial charge in [-0.1, -0.05) is 48.0 Å². The number of carbonyl (C=O) groups excluding carboxylic acids is 1. The number of pyridine rings is 1. The summed E-state index contributed by atoms with van der Waals surface area (Å²) in [6.45, 7) is 4.51. The first-order valence-electron chi connectivity index (χ1n) is 8.35. The van der Waals surface area contributed by atoms with Crippen LogP contribution in [0.25, 0.3) is 0 Å². The summed E-state index contributed by atoms with van der Waals surface area (Å²) in [5, 5.41) is 6.94. The summed E-state index contributed by atoms with van der Waals surface area (Å²) < 4.78 is 0. The Labute approximate surface area is 158 Å². The van der Waals surface area contributed by atoms with E-state index in [2.05, 4.69) is 15.6 Å². The normalized spacial score (nSPS) is 10.4. The number of hydrogen-bond donors (Lipinski definition) is 2. The highest BCUT2D eigenvalue weighted by Crippen LogP contribution is 2.21. The highest BCUT2D eigenvalue weighted by Gasteiger charge is 2.11. The minimum absolute atomic E-state index is 0.233. The number of anilines is 2. The van der Waals surface area contributed by atoms with Gasteiger partial charge in [-0.2, -0.15) is 0 Å². The zero-order valence-corrected chi connectivity index (χ0v) is 15.5. The maximum absolute atomic E-state index is 12.6. The number of aryl methyl sites for hydroxylation is 2. The van der Waals surface area contributed by atoms with Crippen molar-refractivity contribution in [3.63, 3.8) is 0 Å². The maximum atomic E-state index is 12.6. The summed E-state index contributed by atoms with van der Waals surface area (Å²) in [7, 11) is 0. The SMILES string of the molecule is Cc1cccc(C)c1NC(=O)c1cc(NCc2ccccc2Cl)ccn1. The highest BCUT2D eigenvalue weighted by molar-refractivity contribution is 6.31. The van der Waals surface area contributed by atoms with E-state index in [9.17, 15) is 4.79 Å². The predicted octanol–water partition coefficient (Wildman–Crippen LogP) is 5.22. The molecular formula is C21H20ClN3O. The molecule has 5 heteroatoms. The Kier molecular flexibility index (Phi) is 5.54. The second-order valence-corrected chi connectivity index (χ2v) is 6.50. The van der Waals surface area contributed by atoms with Crippen LogP contribution in [0, 0.1) is 13.8 Å². The molecule has 2 aromatic carbocycles. The Balaban J connectivity index is 1.72. The largest absolute Gasteiger partial charge is 0.381 e. The zero-order valence-electron chi connectivity index (χ0n) is 14.7. The first kappa shape index (κ1) is 18.0. The predicted molar refractivity (Wildman–Crippen MR) is 107 cm³/mol. The van der Waals surface area contributed by atoms with Crippen LogP contribution in [-0.4, -0.2) is 10.9 Å². The van der Waals surface area contributed by atoms with Crippen molar-refractivity contribution in [2.75, 3.05) is 10.6 Å². The average molecular weight is 366 g/mol. The monoisotopic (exact) mass is 365 g/mol. The molecule has 0 fully saturated rings. The molecule has 0 atom stereocenters. The first-order chi connectivity index (χ1) is 12.5. The Bertz CT molecular complexity index is 920. The molecule has 0 radical (unpaired) electrons. The van der Waals surface area contributed by atoms with Crippen molar-refractivity contribution in [3.8, 4) is 0 Å². The van der Waals surface area contributed by atoms with E-state index in [4.69, 9.17) is 11.6 Å². The number of carbonyl (C=O) groups is 1. The van der Waals surface area contributed by atoms with Crippen LogP contribution in [0.4, 0.5) is 11.4 Å². The topological polar surface area (TPSA) is 54.0 Å². The minimum Gasteiger partial charge on any atom is -0.381 e. The quantitative estimate of drug-likeness (QED) is 0.652. The molecule has 2 N–H and O–H groups in total. The van der Waals surface area contributed by atoms with E-state index in [1.54, 1.807) is 12.3 Å². The standard InChI is InChI=1S/C21H20ClN3O/c1-14-6-5-7-15(2)20(14)25-21(26)19-12-17(10-11-23-19)24-13-16-8-3-4-9-18(16)22/h3-12H,13H2,1-2H3,(H,23,24)(H,25,26). The van der Waals surface area contributed by atoms with Crippen LogP contribution in [0.2, 0.25) is 5.02 Å². The van der Waals surface area contributed by atoms with Crippen LogP contribution in [0.3, 0.4) is 0 Å². The summed E-state index contributed by atoms with van der Waals surface area (Å²) in [6, 6.07) is 17.1. The third kappa shape index (κ3) is 4.21. The van der Waals surface area contributed by atoms with Gasteiger partial charge < -0.3 is 10.6 Å². The Morgan fingerprint density at radius 3 is 2.50 bits per heavy atom. The van der Waals surface area contributed by atoms with Gasteiger partial charge in [0, 0.05) is 29.1 Å². The number of rotatable bonds is 5. The second-order valence-electron chi connectivity index (χ2n) is 6.10. The third-order valence-corrected chi connectivity index (χ3v) is 4.52. The van der Waals surface area contributed by atoms with Gasteiger partial charge in [-0.25, -0.2) is 0 Å². The lowest BCUT2D eigenvalue weighted by Gasteiger charge is -2.12. The van der Waals surface area contributed by atoms with Gasteiger partial charge in [0.15, 0.2) is 0 Å². The van der Waals surface area contributed by atoms with E-state index < -0.39 is 0 Å². The number of para-hydroxylation sites is 1. The van der Waals surface area contributed by atoms with E-state index >= 15 is 0 Å². The van der Waals surface area contributed by atoms with Crippen molar-refractivity contribution in [1.29, 1.82) is 0 Å². The summed E-state index contributed by atoms with van der Waals surface area (Å²) in [5.41, 5.74) is 5.03. The second kappa shape index (κ2) is 8.02. The number of benzene rings is 2. The van der Waals surface area contributed by atoms with E-state index in [0.717, 1.165) is 28.1 Å². The summed E-state index contributed by atoms with van der Waals surface area (Å²) in [5.74, 6) is -0.233. The fourth-order valence-electron chi connectivity index (χ4n) is 2.69. The smallest absolute Gasteiger partial charge is 0.274 e. The van der Waals surface area contributed by atoms with Crippen molar-refractivity contribution in [2.24, 2.45) is 0 Å². The highest BCUT2D eigenvalue weighted by atomic mass is 35.5. The number of aromatic nitrogens is 1. The lowest BCUT2D eigenvalue weighted by molar-refractivity contribution is 0.102. The Morgan fingerprint density at radius 2 is 1.77 bits per heavy atom. The molecule has 132 valence electrons. The van der Waals surface area contributed by atoms with Gasteiger partial charge in [0.2, 0.25) is 0 Å². The van der Waals surface area contributed by atoms with E-state index in [-0.39, 0.29) is 5.91 Å². The first-order valence-corrected chi connectivity index (χ1v) is 8.73.